The van der Waals surface area contributed by atoms with E-state index < -0.39 is 0 Å². The van der Waals surface area contributed by atoms with Crippen molar-refractivity contribution in [3.8, 4) is 6.57 Å². The lowest BCUT2D eigenvalue weighted by molar-refractivity contribution is 0.882. The molecule has 0 saturated heterocycles. The number of hydrogen-bond donors (Lipinski definition) is 0. The molecule has 7 heavy (non-hydrogen) atoms. The molecule has 0 amide bonds. The van der Waals surface area contributed by atoms with Crippen LogP contribution in [0.1, 0.15) is 12.8 Å². The van der Waals surface area contributed by atoms with E-state index in [0.717, 1.165) is 12.1 Å². The summed E-state index contributed by atoms with van der Waals surface area (Å²) in [4.78, 5) is 3.55. The zero-order valence-corrected chi connectivity index (χ0v) is 4.44. The summed E-state index contributed by atoms with van der Waals surface area (Å²) in [5.74, 6) is 0. The van der Waals surface area contributed by atoms with Gasteiger partial charge in [-0.1, -0.05) is 0 Å². The van der Waals surface area contributed by atoms with Crippen molar-refractivity contribution in [1.29, 1.82) is 0 Å². The van der Waals surface area contributed by atoms with Crippen LogP contribution >= 0.6 is 0 Å². The van der Waals surface area contributed by atoms with Crippen molar-refractivity contribution in [2.45, 2.75) is 12.8 Å². The fourth-order valence-corrected chi connectivity index (χ4v) is 0.662. The Balaban J connectivity index is 2.76. The summed E-state index contributed by atoms with van der Waals surface area (Å²) in [6, 6.07) is 0. The first-order valence-corrected chi connectivity index (χ1v) is 2.44. The van der Waals surface area contributed by atoms with Gasteiger partial charge in [0, 0.05) is 0 Å². The van der Waals surface area contributed by atoms with Gasteiger partial charge in [0.15, 0.2) is 0 Å². The smallest absolute Gasteiger partial charge is 0.0449 e. The normalized spacial score (nSPS) is 18.1. The molecule has 0 bridgehead atoms. The predicted octanol–water partition coefficient (Wildman–Crippen LogP) is 0.588. The third kappa shape index (κ3) is 0.542. The first-order chi connectivity index (χ1) is 3.34. The van der Waals surface area contributed by atoms with Gasteiger partial charge in [0.1, 0.15) is 7.85 Å². The second-order valence-corrected chi connectivity index (χ2v) is 1.86. The van der Waals surface area contributed by atoms with Gasteiger partial charge in [0.2, 0.25) is 0 Å². The van der Waals surface area contributed by atoms with Gasteiger partial charge < -0.3 is 0 Å². The fraction of sp³-hybridized carbons (Fsp3) is 0.400. The number of nitrogens with zero attached hydrogens (tertiary/aromatic N) is 1. The Hall–Kier alpha value is -0.705. The molecule has 0 heterocycles. The maximum Gasteiger partial charge on any atom is 0.306 e. The molecule has 0 unspecified atom stereocenters. The lowest BCUT2D eigenvalue weighted by Gasteiger charge is -2.03. The number of hydrogen-bond acceptors (Lipinski definition) is 0. The monoisotopic (exact) mass is 92.1 g/mol. The van der Waals surface area contributed by atoms with Crippen LogP contribution < -0.4 is 0 Å². The Morgan fingerprint density at radius 3 is 2.29 bits per heavy atom. The van der Waals surface area contributed by atoms with E-state index in [9.17, 15) is 0 Å². The maximum absolute atomic E-state index is 4.99. The Bertz CT molecular complexity index is 152. The molecule has 1 rings (SSSR count). The van der Waals surface area contributed by atoms with Crippen molar-refractivity contribution in [2.24, 2.45) is 0 Å². The summed E-state index contributed by atoms with van der Waals surface area (Å²) >= 11 is 0. The third-order valence-electron chi connectivity index (χ3n) is 1.39. The van der Waals surface area contributed by atoms with E-state index in [2.05, 4.69) is 12.7 Å². The SMILES string of the molecule is BC1=C([N+]#C)CC1. The van der Waals surface area contributed by atoms with Crippen molar-refractivity contribution in [1.82, 2.24) is 0 Å². The van der Waals surface area contributed by atoms with Gasteiger partial charge in [-0.2, -0.15) is 0 Å². The molecule has 0 radical (unpaired) electrons. The van der Waals surface area contributed by atoms with Gasteiger partial charge >= 0.3 is 5.70 Å². The van der Waals surface area contributed by atoms with Crippen molar-refractivity contribution in [3.63, 3.8) is 0 Å². The molecule has 1 nitrogen and oxygen atoms in total. The van der Waals surface area contributed by atoms with E-state index in [1.54, 1.807) is 0 Å². The minimum Gasteiger partial charge on any atom is -0.0449 e. The topological polar surface area (TPSA) is 4.36 Å². The molecule has 0 fully saturated rings. The van der Waals surface area contributed by atoms with Gasteiger partial charge in [0.05, 0.1) is 6.42 Å². The second kappa shape index (κ2) is 1.42. The minimum absolute atomic E-state index is 1.09. The molecule has 0 aliphatic heterocycles. The molecular weight excluding hydrogens is 84.9 g/mol. The Morgan fingerprint density at radius 2 is 2.29 bits per heavy atom. The van der Waals surface area contributed by atoms with Gasteiger partial charge in [-0.25, -0.2) is 0 Å². The van der Waals surface area contributed by atoms with Crippen LogP contribution in [0.25, 0.3) is 4.85 Å². The average Bonchev–Trinajstić information content (AvgIpc) is 1.65. The molecule has 1 aliphatic rings. The predicted molar refractivity (Wildman–Crippen MR) is 33.1 cm³/mol. The summed E-state index contributed by atoms with van der Waals surface area (Å²) in [6.07, 6.45) is 2.28. The fourth-order valence-electron chi connectivity index (χ4n) is 0.662. The average molecular weight is 91.9 g/mol. The molecule has 0 aromatic rings. The van der Waals surface area contributed by atoms with Crippen LogP contribution in [0.4, 0.5) is 0 Å². The van der Waals surface area contributed by atoms with Crippen molar-refractivity contribution < 1.29 is 0 Å². The maximum atomic E-state index is 4.99. The molecule has 0 atom stereocenters. The van der Waals surface area contributed by atoms with Crippen LogP contribution in [0.5, 0.6) is 0 Å². The zero-order chi connectivity index (χ0) is 5.28. The van der Waals surface area contributed by atoms with Crippen molar-refractivity contribution >= 4 is 7.85 Å². The van der Waals surface area contributed by atoms with Crippen LogP contribution in [0.3, 0.4) is 0 Å². The molecule has 1 aliphatic carbocycles. The highest BCUT2D eigenvalue weighted by Crippen LogP contribution is 2.25. The first kappa shape index (κ1) is 4.45. The number of allylic oxidation sites excluding steroid dienone is 2. The molecule has 0 aromatic carbocycles. The summed E-state index contributed by atoms with van der Waals surface area (Å²) in [5, 5.41) is 0. The van der Waals surface area contributed by atoms with Crippen LogP contribution in [0.2, 0.25) is 0 Å². The number of rotatable bonds is 0. The summed E-state index contributed by atoms with van der Waals surface area (Å²) in [5.41, 5.74) is 2.45. The molecule has 0 N–H and O–H groups in total. The van der Waals surface area contributed by atoms with Crippen molar-refractivity contribution in [2.75, 3.05) is 0 Å². The molecule has 0 saturated carbocycles. The molecule has 0 spiro atoms. The summed E-state index contributed by atoms with van der Waals surface area (Å²) in [6.45, 7) is 4.99. The lowest BCUT2D eigenvalue weighted by atomic mass is 9.80. The zero-order valence-electron chi connectivity index (χ0n) is 4.44. The van der Waals surface area contributed by atoms with Crippen LogP contribution in [-0.2, 0) is 0 Å². The molecule has 0 aromatic heterocycles. The summed E-state index contributed by atoms with van der Waals surface area (Å²) < 4.78 is 0. The first-order valence-electron chi connectivity index (χ1n) is 2.44. The lowest BCUT2D eigenvalue weighted by Crippen LogP contribution is -1.99. The Kier molecular flexibility index (Phi) is 0.903. The van der Waals surface area contributed by atoms with Gasteiger partial charge in [0.25, 0.3) is 6.57 Å². The second-order valence-electron chi connectivity index (χ2n) is 1.86. The highest BCUT2D eigenvalue weighted by Gasteiger charge is 2.20. The molecule has 34 valence electrons. The highest BCUT2D eigenvalue weighted by atomic mass is 14.7. The van der Waals surface area contributed by atoms with E-state index in [0.29, 0.717) is 0 Å². The Morgan fingerprint density at radius 1 is 1.57 bits per heavy atom. The molecular formula is C5H7BN+. The van der Waals surface area contributed by atoms with E-state index in [1.807, 2.05) is 0 Å². The van der Waals surface area contributed by atoms with E-state index in [4.69, 9.17) is 6.57 Å². The van der Waals surface area contributed by atoms with Crippen LogP contribution in [0, 0.1) is 6.57 Å². The van der Waals surface area contributed by atoms with Crippen LogP contribution in [0.15, 0.2) is 11.2 Å². The van der Waals surface area contributed by atoms with Crippen molar-refractivity contribution in [3.05, 3.63) is 16.0 Å². The van der Waals surface area contributed by atoms with Gasteiger partial charge in [-0.15, -0.1) is 0 Å². The van der Waals surface area contributed by atoms with Gasteiger partial charge in [-0.05, 0) is 16.7 Å². The van der Waals surface area contributed by atoms with E-state index >= 15 is 0 Å². The van der Waals surface area contributed by atoms with E-state index in [1.165, 1.54) is 11.9 Å². The Labute approximate surface area is 44.3 Å². The third-order valence-corrected chi connectivity index (χ3v) is 1.39. The van der Waals surface area contributed by atoms with E-state index in [-0.39, 0.29) is 0 Å². The highest BCUT2D eigenvalue weighted by molar-refractivity contribution is 6.23. The van der Waals surface area contributed by atoms with Gasteiger partial charge in [-0.3, -0.25) is 0 Å². The quantitative estimate of drug-likeness (QED) is 0.385. The minimum atomic E-state index is 1.09. The van der Waals surface area contributed by atoms with Crippen LogP contribution in [-0.4, -0.2) is 7.85 Å². The standard InChI is InChI=1S/C5H7BN/c1-7-5-3-2-4(5)6/h1H,2-3,6H2/q+1. The molecule has 2 heteroatoms. The summed E-state index contributed by atoms with van der Waals surface area (Å²) in [7, 11) is 2.06. The largest absolute Gasteiger partial charge is 0.306 e.